The number of amides is 1. The summed E-state index contributed by atoms with van der Waals surface area (Å²) in [5.41, 5.74) is 2.99. The van der Waals surface area contributed by atoms with Gasteiger partial charge in [0.25, 0.3) is 11.5 Å². The normalized spacial score (nSPS) is 14.8. The van der Waals surface area contributed by atoms with Crippen molar-refractivity contribution in [3.05, 3.63) is 81.6 Å². The number of likely N-dealkylation sites (tertiary alicyclic amines) is 1. The molecule has 1 fully saturated rings. The molecule has 2 heterocycles. The van der Waals surface area contributed by atoms with E-state index in [2.05, 4.69) is 13.8 Å². The van der Waals surface area contributed by atoms with Gasteiger partial charge in [-0.25, -0.2) is 0 Å². The molecule has 32 heavy (non-hydrogen) atoms. The largest absolute Gasteiger partial charge is 0.339 e. The van der Waals surface area contributed by atoms with Gasteiger partial charge in [-0.05, 0) is 36.8 Å². The highest BCUT2D eigenvalue weighted by atomic mass is 16.2. The fraction of sp³-hybridized carbons (Fsp3) is 0.370. The van der Waals surface area contributed by atoms with Gasteiger partial charge in [-0.2, -0.15) is 0 Å². The van der Waals surface area contributed by atoms with Crippen molar-refractivity contribution >= 4 is 22.6 Å². The molecule has 1 aromatic heterocycles. The van der Waals surface area contributed by atoms with E-state index < -0.39 is 0 Å². The number of carbonyl (C=O) groups is 2. The molecular formula is C27H30N2O3. The Morgan fingerprint density at radius 1 is 1.00 bits per heavy atom. The SMILES string of the molecule is CC(C)Cc1ccc(C(=O)C2CCN(C(=O)c3cc(=O)n(C)c4ccccc34)CC2)cc1. The summed E-state index contributed by atoms with van der Waals surface area (Å²) < 4.78 is 1.56. The molecule has 0 bridgehead atoms. The standard InChI is InChI=1S/C27H30N2O3/c1-18(2)16-19-8-10-20(11-9-19)26(31)21-12-14-29(15-13-21)27(32)23-17-25(30)28(3)24-7-5-4-6-22(23)24/h4-11,17-18,21H,12-16H2,1-3H3. The van der Waals surface area contributed by atoms with Crippen molar-refractivity contribution in [1.29, 1.82) is 0 Å². The molecule has 0 N–H and O–H groups in total. The minimum atomic E-state index is -0.196. The van der Waals surface area contributed by atoms with Crippen molar-refractivity contribution in [3.63, 3.8) is 0 Å². The van der Waals surface area contributed by atoms with E-state index in [0.29, 0.717) is 37.4 Å². The lowest BCUT2D eigenvalue weighted by atomic mass is 9.88. The number of rotatable bonds is 5. The zero-order valence-electron chi connectivity index (χ0n) is 19.0. The number of carbonyl (C=O) groups excluding carboxylic acids is 2. The first kappa shape index (κ1) is 22.0. The maximum Gasteiger partial charge on any atom is 0.254 e. The van der Waals surface area contributed by atoms with Crippen LogP contribution in [-0.4, -0.2) is 34.2 Å². The summed E-state index contributed by atoms with van der Waals surface area (Å²) in [6.07, 6.45) is 2.29. The van der Waals surface area contributed by atoms with Gasteiger partial charge in [0, 0.05) is 43.1 Å². The number of ketones is 1. The van der Waals surface area contributed by atoms with Crippen LogP contribution in [0.2, 0.25) is 0 Å². The number of nitrogens with zero attached hydrogens (tertiary/aromatic N) is 2. The van der Waals surface area contributed by atoms with Gasteiger partial charge >= 0.3 is 0 Å². The van der Waals surface area contributed by atoms with Crippen LogP contribution in [0, 0.1) is 11.8 Å². The second-order valence-electron chi connectivity index (χ2n) is 9.20. The zero-order valence-corrected chi connectivity index (χ0v) is 19.0. The number of para-hydroxylation sites is 1. The molecule has 1 aliphatic rings. The Hall–Kier alpha value is -3.21. The number of Topliss-reactive ketones (excluding diaryl/α,β-unsaturated/α-hetero) is 1. The highest BCUT2D eigenvalue weighted by molar-refractivity contribution is 6.06. The molecule has 4 rings (SSSR count). The lowest BCUT2D eigenvalue weighted by molar-refractivity contribution is 0.0651. The summed E-state index contributed by atoms with van der Waals surface area (Å²) in [6.45, 7) is 5.41. The van der Waals surface area contributed by atoms with E-state index in [1.807, 2.05) is 48.5 Å². The van der Waals surface area contributed by atoms with Crippen LogP contribution in [0.3, 0.4) is 0 Å². The maximum atomic E-state index is 13.2. The molecule has 5 heteroatoms. The molecule has 0 spiro atoms. The van der Waals surface area contributed by atoms with E-state index in [1.54, 1.807) is 16.5 Å². The van der Waals surface area contributed by atoms with Crippen molar-refractivity contribution < 1.29 is 9.59 Å². The third kappa shape index (κ3) is 4.38. The van der Waals surface area contributed by atoms with Crippen molar-refractivity contribution in [3.8, 4) is 0 Å². The van der Waals surface area contributed by atoms with Gasteiger partial charge in [0.2, 0.25) is 0 Å². The molecule has 0 unspecified atom stereocenters. The third-order valence-electron chi connectivity index (χ3n) is 6.42. The summed E-state index contributed by atoms with van der Waals surface area (Å²) >= 11 is 0. The Kier molecular flexibility index (Phi) is 6.26. The van der Waals surface area contributed by atoms with Gasteiger partial charge < -0.3 is 9.47 Å². The monoisotopic (exact) mass is 430 g/mol. The van der Waals surface area contributed by atoms with E-state index in [0.717, 1.165) is 22.9 Å². The first-order chi connectivity index (χ1) is 15.3. The number of fused-ring (bicyclic) bond motifs is 1. The Bertz CT molecular complexity index is 1200. The number of benzene rings is 2. The fourth-order valence-electron chi connectivity index (χ4n) is 4.61. The summed E-state index contributed by atoms with van der Waals surface area (Å²) in [6, 6.07) is 16.9. The quantitative estimate of drug-likeness (QED) is 0.561. The van der Waals surface area contributed by atoms with Crippen LogP contribution >= 0.6 is 0 Å². The number of piperidine rings is 1. The highest BCUT2D eigenvalue weighted by Gasteiger charge is 2.29. The van der Waals surface area contributed by atoms with Crippen LogP contribution < -0.4 is 5.56 Å². The Morgan fingerprint density at radius 2 is 1.66 bits per heavy atom. The van der Waals surface area contributed by atoms with Gasteiger partial charge in [0.15, 0.2) is 5.78 Å². The maximum absolute atomic E-state index is 13.2. The molecule has 3 aromatic rings. The second kappa shape index (κ2) is 9.11. The minimum absolute atomic E-state index is 0.0737. The average Bonchev–Trinajstić information content (AvgIpc) is 2.81. The topological polar surface area (TPSA) is 59.4 Å². The molecule has 1 amide bonds. The smallest absolute Gasteiger partial charge is 0.254 e. The minimum Gasteiger partial charge on any atom is -0.339 e. The molecule has 166 valence electrons. The Morgan fingerprint density at radius 3 is 2.31 bits per heavy atom. The van der Waals surface area contributed by atoms with Crippen LogP contribution in [0.1, 0.15) is 53.0 Å². The van der Waals surface area contributed by atoms with Crippen LogP contribution in [0.4, 0.5) is 0 Å². The van der Waals surface area contributed by atoms with Crippen molar-refractivity contribution in [2.75, 3.05) is 13.1 Å². The average molecular weight is 431 g/mol. The second-order valence-corrected chi connectivity index (χ2v) is 9.20. The fourth-order valence-corrected chi connectivity index (χ4v) is 4.61. The first-order valence-electron chi connectivity index (χ1n) is 11.4. The Balaban J connectivity index is 1.45. The van der Waals surface area contributed by atoms with E-state index >= 15 is 0 Å². The van der Waals surface area contributed by atoms with Gasteiger partial charge in [0.1, 0.15) is 0 Å². The number of aromatic nitrogens is 1. The van der Waals surface area contributed by atoms with Gasteiger partial charge in [-0.3, -0.25) is 14.4 Å². The summed E-state index contributed by atoms with van der Waals surface area (Å²) in [5.74, 6) is 0.533. The molecule has 0 saturated carbocycles. The van der Waals surface area contributed by atoms with Crippen LogP contribution in [0.15, 0.2) is 59.4 Å². The first-order valence-corrected chi connectivity index (χ1v) is 11.4. The molecule has 0 radical (unpaired) electrons. The van der Waals surface area contributed by atoms with Crippen molar-refractivity contribution in [2.45, 2.75) is 33.1 Å². The van der Waals surface area contributed by atoms with Gasteiger partial charge in [0.05, 0.1) is 11.1 Å². The van der Waals surface area contributed by atoms with Crippen molar-refractivity contribution in [2.24, 2.45) is 18.9 Å². The number of hydrogen-bond acceptors (Lipinski definition) is 3. The lowest BCUT2D eigenvalue weighted by Gasteiger charge is -2.31. The number of aryl methyl sites for hydroxylation is 1. The molecule has 5 nitrogen and oxygen atoms in total. The van der Waals surface area contributed by atoms with E-state index in [9.17, 15) is 14.4 Å². The highest BCUT2D eigenvalue weighted by Crippen LogP contribution is 2.25. The van der Waals surface area contributed by atoms with Gasteiger partial charge in [-0.15, -0.1) is 0 Å². The molecule has 2 aromatic carbocycles. The predicted molar refractivity (Wildman–Crippen MR) is 127 cm³/mol. The lowest BCUT2D eigenvalue weighted by Crippen LogP contribution is -2.40. The van der Waals surface area contributed by atoms with Crippen LogP contribution in [-0.2, 0) is 13.5 Å². The molecule has 1 aliphatic heterocycles. The van der Waals surface area contributed by atoms with E-state index in [1.165, 1.54) is 11.6 Å². The molecular weight excluding hydrogens is 400 g/mol. The molecule has 1 saturated heterocycles. The van der Waals surface area contributed by atoms with Crippen LogP contribution in [0.25, 0.3) is 10.9 Å². The van der Waals surface area contributed by atoms with E-state index in [-0.39, 0.29) is 23.2 Å². The summed E-state index contributed by atoms with van der Waals surface area (Å²) in [5, 5.41) is 0.777. The predicted octanol–water partition coefficient (Wildman–Crippen LogP) is 4.47. The number of pyridine rings is 1. The van der Waals surface area contributed by atoms with Crippen LogP contribution in [0.5, 0.6) is 0 Å². The Labute approximate surface area is 188 Å². The third-order valence-corrected chi connectivity index (χ3v) is 6.42. The van der Waals surface area contributed by atoms with Gasteiger partial charge in [-0.1, -0.05) is 56.3 Å². The zero-order chi connectivity index (χ0) is 22.8. The molecule has 0 aliphatic carbocycles. The van der Waals surface area contributed by atoms with Crippen molar-refractivity contribution in [1.82, 2.24) is 9.47 Å². The summed E-state index contributed by atoms with van der Waals surface area (Å²) in [4.78, 5) is 40.4. The van der Waals surface area contributed by atoms with E-state index in [4.69, 9.17) is 0 Å². The molecule has 0 atom stereocenters. The summed E-state index contributed by atoms with van der Waals surface area (Å²) in [7, 11) is 1.71. The number of hydrogen-bond donors (Lipinski definition) is 0.